The Kier molecular flexibility index (Phi) is 5.17. The molecule has 3 aliphatic rings. The number of carbonyl (C=O) groups excluding carboxylic acids is 1. The summed E-state index contributed by atoms with van der Waals surface area (Å²) in [6, 6.07) is 8.62. The molecule has 2 atom stereocenters. The number of aromatic nitrogens is 3. The summed E-state index contributed by atoms with van der Waals surface area (Å²) in [6.07, 6.45) is 4.89. The van der Waals surface area contributed by atoms with Crippen LogP contribution in [0.3, 0.4) is 0 Å². The van der Waals surface area contributed by atoms with Gasteiger partial charge in [0.15, 0.2) is 0 Å². The molecule has 2 aliphatic heterocycles. The minimum absolute atomic E-state index is 0.0688. The first-order chi connectivity index (χ1) is 15.0. The largest absolute Gasteiger partial charge is 0.475 e. The van der Waals surface area contributed by atoms with Gasteiger partial charge in [-0.3, -0.25) is 9.78 Å². The van der Waals surface area contributed by atoms with Crippen LogP contribution in [-0.2, 0) is 0 Å². The predicted octanol–water partition coefficient (Wildman–Crippen LogP) is 4.37. The molecule has 2 saturated heterocycles. The molecule has 6 nitrogen and oxygen atoms in total. The molecule has 3 aromatic heterocycles. The number of thiazole rings is 1. The maximum absolute atomic E-state index is 13.8. The summed E-state index contributed by atoms with van der Waals surface area (Å²) >= 11 is 1.49. The molecule has 0 spiro atoms. The number of aryl methyl sites for hydroxylation is 1. The molecule has 0 N–H and O–H groups in total. The van der Waals surface area contributed by atoms with E-state index in [4.69, 9.17) is 4.74 Å². The molecule has 31 heavy (non-hydrogen) atoms. The lowest BCUT2D eigenvalue weighted by atomic mass is 9.64. The van der Waals surface area contributed by atoms with Gasteiger partial charge >= 0.3 is 0 Å². The van der Waals surface area contributed by atoms with E-state index in [1.165, 1.54) is 23.5 Å². The zero-order valence-corrected chi connectivity index (χ0v) is 18.2. The maximum Gasteiger partial charge on any atom is 0.274 e. The molecule has 1 unspecified atom stereocenters. The average molecular weight is 439 g/mol. The Bertz CT molecular complexity index is 1080. The highest BCUT2D eigenvalue weighted by Gasteiger charge is 2.51. The summed E-state index contributed by atoms with van der Waals surface area (Å²) in [4.78, 5) is 29.6. The van der Waals surface area contributed by atoms with Crippen LogP contribution in [-0.4, -0.2) is 44.4 Å². The van der Waals surface area contributed by atoms with Gasteiger partial charge in [-0.05, 0) is 49.8 Å². The van der Waals surface area contributed by atoms with E-state index in [-0.39, 0.29) is 18.0 Å². The number of nitrogens with zero attached hydrogens (tertiary/aromatic N) is 4. The zero-order valence-electron chi connectivity index (χ0n) is 17.4. The van der Waals surface area contributed by atoms with Gasteiger partial charge in [0.05, 0.1) is 27.8 Å². The van der Waals surface area contributed by atoms with Gasteiger partial charge in [-0.2, -0.15) is 0 Å². The molecule has 3 fully saturated rings. The minimum atomic E-state index is -0.405. The lowest BCUT2D eigenvalue weighted by Gasteiger charge is -2.56. The Balaban J connectivity index is 1.43. The summed E-state index contributed by atoms with van der Waals surface area (Å²) in [7, 11) is 0. The van der Waals surface area contributed by atoms with Crippen molar-refractivity contribution in [1.82, 2.24) is 19.9 Å². The highest BCUT2D eigenvalue weighted by Crippen LogP contribution is 2.47. The van der Waals surface area contributed by atoms with Crippen LogP contribution in [0.4, 0.5) is 4.39 Å². The second-order valence-electron chi connectivity index (χ2n) is 8.28. The van der Waals surface area contributed by atoms with E-state index in [1.807, 2.05) is 30.0 Å². The highest BCUT2D eigenvalue weighted by atomic mass is 32.1. The standard InChI is InChI=1S/C23H23FN4O2S/c1-13-15-9-17(10-15)28(19(13)12-30-20-7-6-16(24)11-26-20)23(29)21-22(31-14(2)27-21)18-5-3-4-8-25-18/h3-8,11,13,15,17,19H,9-10,12H2,1-2H3/t13-,15?,17?,19?/m0/s1. The van der Waals surface area contributed by atoms with Crippen LogP contribution in [0.25, 0.3) is 10.6 Å². The average Bonchev–Trinajstić information content (AvgIpc) is 3.14. The van der Waals surface area contributed by atoms with Crippen LogP contribution in [0.5, 0.6) is 5.88 Å². The molecule has 0 radical (unpaired) electrons. The monoisotopic (exact) mass is 438 g/mol. The number of halogens is 1. The number of fused-ring (bicyclic) bond motifs is 2. The van der Waals surface area contributed by atoms with E-state index in [2.05, 4.69) is 21.9 Å². The summed E-state index contributed by atoms with van der Waals surface area (Å²) in [6.45, 7) is 4.41. The van der Waals surface area contributed by atoms with Crippen molar-refractivity contribution in [2.24, 2.45) is 11.8 Å². The van der Waals surface area contributed by atoms with Crippen molar-refractivity contribution in [2.45, 2.75) is 38.8 Å². The van der Waals surface area contributed by atoms with Crippen LogP contribution in [0.15, 0.2) is 42.7 Å². The van der Waals surface area contributed by atoms with Gasteiger partial charge in [0.1, 0.15) is 18.1 Å². The SMILES string of the molecule is Cc1nc(C(=O)N2C3CC(C3)[C@H](C)C2COc2ccc(F)cn2)c(-c2ccccn2)s1. The zero-order chi connectivity index (χ0) is 21.5. The Morgan fingerprint density at radius 2 is 2.10 bits per heavy atom. The van der Waals surface area contributed by atoms with Gasteiger partial charge in [-0.1, -0.05) is 13.0 Å². The van der Waals surface area contributed by atoms with E-state index in [1.54, 1.807) is 6.20 Å². The van der Waals surface area contributed by atoms with Crippen molar-refractivity contribution < 1.29 is 13.9 Å². The van der Waals surface area contributed by atoms with E-state index >= 15 is 0 Å². The molecule has 3 aromatic rings. The van der Waals surface area contributed by atoms with Crippen molar-refractivity contribution in [3.8, 4) is 16.5 Å². The molecule has 1 aliphatic carbocycles. The minimum Gasteiger partial charge on any atom is -0.475 e. The fourth-order valence-electron chi connectivity index (χ4n) is 4.66. The predicted molar refractivity (Wildman–Crippen MR) is 115 cm³/mol. The molecule has 0 aromatic carbocycles. The molecule has 160 valence electrons. The topological polar surface area (TPSA) is 68.2 Å². The van der Waals surface area contributed by atoms with E-state index < -0.39 is 5.82 Å². The van der Waals surface area contributed by atoms with Crippen LogP contribution in [0.2, 0.25) is 0 Å². The first-order valence-electron chi connectivity index (χ1n) is 10.5. The van der Waals surface area contributed by atoms with Gasteiger partial charge in [0.2, 0.25) is 5.88 Å². The summed E-state index contributed by atoms with van der Waals surface area (Å²) in [5.74, 6) is 0.778. The molecule has 1 saturated carbocycles. The van der Waals surface area contributed by atoms with E-state index in [0.29, 0.717) is 30.0 Å². The lowest BCUT2D eigenvalue weighted by molar-refractivity contribution is -0.0676. The number of pyridine rings is 2. The molecule has 5 heterocycles. The number of hydrogen-bond acceptors (Lipinski definition) is 6. The second-order valence-corrected chi connectivity index (χ2v) is 9.48. The Hall–Kier alpha value is -2.87. The first kappa shape index (κ1) is 20.1. The summed E-state index contributed by atoms with van der Waals surface area (Å²) < 4.78 is 19.0. The number of rotatable bonds is 5. The third kappa shape index (κ3) is 3.69. The van der Waals surface area contributed by atoms with Gasteiger partial charge in [0.25, 0.3) is 5.91 Å². The number of hydrogen-bond donors (Lipinski definition) is 0. The van der Waals surface area contributed by atoms with Crippen molar-refractivity contribution in [3.05, 3.63) is 59.2 Å². The fraction of sp³-hybridized carbons (Fsp3) is 0.391. The van der Waals surface area contributed by atoms with Crippen molar-refractivity contribution in [1.29, 1.82) is 0 Å². The Labute approximate surface area is 184 Å². The number of piperidine rings is 2. The fourth-order valence-corrected chi connectivity index (χ4v) is 5.54. The van der Waals surface area contributed by atoms with Gasteiger partial charge in [-0.15, -0.1) is 11.3 Å². The van der Waals surface area contributed by atoms with Crippen molar-refractivity contribution in [2.75, 3.05) is 6.61 Å². The van der Waals surface area contributed by atoms with E-state index in [9.17, 15) is 9.18 Å². The molecule has 2 bridgehead atoms. The molecular formula is C23H23FN4O2S. The first-order valence-corrected chi connectivity index (χ1v) is 11.3. The van der Waals surface area contributed by atoms with Gasteiger partial charge in [0, 0.05) is 18.3 Å². The molecule has 1 amide bonds. The van der Waals surface area contributed by atoms with Gasteiger partial charge < -0.3 is 9.64 Å². The van der Waals surface area contributed by atoms with Crippen LogP contribution in [0, 0.1) is 24.6 Å². The van der Waals surface area contributed by atoms with Crippen LogP contribution in [0.1, 0.15) is 35.3 Å². The van der Waals surface area contributed by atoms with Crippen molar-refractivity contribution >= 4 is 17.2 Å². The lowest BCUT2D eigenvalue weighted by Crippen LogP contribution is -2.64. The number of ether oxygens (including phenoxy) is 1. The maximum atomic E-state index is 13.8. The van der Waals surface area contributed by atoms with Crippen LogP contribution < -0.4 is 4.74 Å². The normalized spacial score (nSPS) is 24.5. The van der Waals surface area contributed by atoms with E-state index in [0.717, 1.165) is 34.6 Å². The number of amides is 1. The number of carbonyl (C=O) groups is 1. The highest BCUT2D eigenvalue weighted by molar-refractivity contribution is 7.15. The smallest absolute Gasteiger partial charge is 0.274 e. The third-order valence-corrected chi connectivity index (χ3v) is 7.42. The van der Waals surface area contributed by atoms with Crippen molar-refractivity contribution in [3.63, 3.8) is 0 Å². The van der Waals surface area contributed by atoms with Crippen LogP contribution >= 0.6 is 11.3 Å². The quantitative estimate of drug-likeness (QED) is 0.592. The molecular weight excluding hydrogens is 415 g/mol. The molecule has 6 rings (SSSR count). The summed E-state index contributed by atoms with van der Waals surface area (Å²) in [5.41, 5.74) is 1.22. The van der Waals surface area contributed by atoms with Gasteiger partial charge in [-0.25, -0.2) is 14.4 Å². The Morgan fingerprint density at radius 1 is 1.26 bits per heavy atom. The Morgan fingerprint density at radius 3 is 2.81 bits per heavy atom. The second kappa shape index (κ2) is 8.00. The summed E-state index contributed by atoms with van der Waals surface area (Å²) in [5, 5.41) is 0.837. The third-order valence-electron chi connectivity index (χ3n) is 6.42. The molecule has 8 heteroatoms.